The van der Waals surface area contributed by atoms with E-state index in [4.69, 9.17) is 5.73 Å². The lowest BCUT2D eigenvalue weighted by molar-refractivity contribution is 0.0974. The molecule has 2 N–H and O–H groups in total. The molecule has 5 nitrogen and oxygen atoms in total. The third-order valence-electron chi connectivity index (χ3n) is 2.09. The highest BCUT2D eigenvalue weighted by atomic mass is 35.5. The largest absolute Gasteiger partial charge is 0.381 e. The van der Waals surface area contributed by atoms with Crippen LogP contribution in [-0.2, 0) is 6.54 Å². The predicted molar refractivity (Wildman–Crippen MR) is 68.8 cm³/mol. The van der Waals surface area contributed by atoms with Gasteiger partial charge >= 0.3 is 5.69 Å². The summed E-state index contributed by atoms with van der Waals surface area (Å²) in [5.41, 5.74) is 4.39. The number of anilines is 1. The number of carbonyl (C=O) groups is 1. The van der Waals surface area contributed by atoms with Crippen LogP contribution in [0.4, 0.5) is 10.2 Å². The van der Waals surface area contributed by atoms with Crippen LogP contribution in [0.3, 0.4) is 0 Å². The van der Waals surface area contributed by atoms with Gasteiger partial charge in [0.2, 0.25) is 0 Å². The minimum atomic E-state index is -0.816. The molecule has 2 aromatic rings. The van der Waals surface area contributed by atoms with Gasteiger partial charge in [0.25, 0.3) is 0 Å². The number of nitrogens with two attached hydrogens (primary N) is 1. The quantitative estimate of drug-likeness (QED) is 0.865. The molecule has 0 bridgehead atoms. The van der Waals surface area contributed by atoms with Gasteiger partial charge in [-0.15, -0.1) is 23.7 Å². The van der Waals surface area contributed by atoms with Gasteiger partial charge in [0.1, 0.15) is 0 Å². The van der Waals surface area contributed by atoms with E-state index in [9.17, 15) is 14.0 Å². The monoisotopic (exact) mass is 289 g/mol. The van der Waals surface area contributed by atoms with Crippen molar-refractivity contribution in [3.05, 3.63) is 44.9 Å². The zero-order valence-electron chi connectivity index (χ0n) is 9.00. The van der Waals surface area contributed by atoms with Gasteiger partial charge in [0.05, 0.1) is 11.4 Å². The molecule has 0 aromatic carbocycles. The lowest BCUT2D eigenvalue weighted by Crippen LogP contribution is -2.27. The number of hydrogen-bond acceptors (Lipinski definition) is 5. The van der Waals surface area contributed by atoms with Crippen molar-refractivity contribution in [1.29, 1.82) is 0 Å². The highest BCUT2D eigenvalue weighted by Crippen LogP contribution is 2.10. The second kappa shape index (κ2) is 5.74. The van der Waals surface area contributed by atoms with E-state index in [0.717, 1.165) is 10.8 Å². The molecule has 0 saturated heterocycles. The van der Waals surface area contributed by atoms with Gasteiger partial charge in [-0.2, -0.15) is 4.98 Å². The summed E-state index contributed by atoms with van der Waals surface area (Å²) in [7, 11) is 0. The Hall–Kier alpha value is -1.73. The van der Waals surface area contributed by atoms with Gasteiger partial charge in [-0.25, -0.2) is 9.18 Å². The highest BCUT2D eigenvalue weighted by molar-refractivity contribution is 7.12. The van der Waals surface area contributed by atoms with Crippen molar-refractivity contribution >= 4 is 35.3 Å². The summed E-state index contributed by atoms with van der Waals surface area (Å²) in [6.07, 6.45) is 0.885. The van der Waals surface area contributed by atoms with Crippen LogP contribution in [0.5, 0.6) is 0 Å². The number of thiophene rings is 1. The van der Waals surface area contributed by atoms with Crippen LogP contribution in [0, 0.1) is 5.82 Å². The molecule has 0 amide bonds. The minimum absolute atomic E-state index is 0. The number of halogens is 2. The Kier molecular flexibility index (Phi) is 4.57. The number of aromatic nitrogens is 2. The van der Waals surface area contributed by atoms with Crippen LogP contribution in [-0.4, -0.2) is 15.3 Å². The van der Waals surface area contributed by atoms with Gasteiger partial charge in [-0.1, -0.05) is 6.07 Å². The Bertz CT molecular complexity index is 612. The zero-order valence-corrected chi connectivity index (χ0v) is 10.6. The average molecular weight is 290 g/mol. The summed E-state index contributed by atoms with van der Waals surface area (Å²) >= 11 is 1.26. The van der Waals surface area contributed by atoms with Crippen LogP contribution in [0.25, 0.3) is 0 Å². The summed E-state index contributed by atoms with van der Waals surface area (Å²) in [5.74, 6) is -1.55. The number of nitrogens with zero attached hydrogens (tertiary/aromatic N) is 2. The summed E-state index contributed by atoms with van der Waals surface area (Å²) in [6, 6.07) is 3.36. The molecule has 0 aliphatic heterocycles. The molecule has 96 valence electrons. The van der Waals surface area contributed by atoms with Crippen molar-refractivity contribution in [2.45, 2.75) is 6.54 Å². The summed E-state index contributed by atoms with van der Waals surface area (Å²) < 4.78 is 14.0. The molecule has 0 saturated carbocycles. The number of rotatable bonds is 3. The molecular weight excluding hydrogens is 281 g/mol. The Morgan fingerprint density at radius 3 is 2.89 bits per heavy atom. The van der Waals surface area contributed by atoms with Crippen LogP contribution in [0.1, 0.15) is 9.67 Å². The van der Waals surface area contributed by atoms with Crippen LogP contribution < -0.4 is 11.4 Å². The van der Waals surface area contributed by atoms with Gasteiger partial charge in [0.15, 0.2) is 17.4 Å². The van der Waals surface area contributed by atoms with Crippen molar-refractivity contribution in [2.75, 3.05) is 5.73 Å². The van der Waals surface area contributed by atoms with Crippen LogP contribution in [0.2, 0.25) is 0 Å². The van der Waals surface area contributed by atoms with Crippen molar-refractivity contribution < 1.29 is 9.18 Å². The first-order chi connectivity index (χ1) is 8.08. The number of ketones is 1. The van der Waals surface area contributed by atoms with Crippen molar-refractivity contribution in [1.82, 2.24) is 9.55 Å². The van der Waals surface area contributed by atoms with Gasteiger partial charge in [-0.3, -0.25) is 9.36 Å². The van der Waals surface area contributed by atoms with E-state index >= 15 is 0 Å². The summed E-state index contributed by atoms with van der Waals surface area (Å²) in [4.78, 5) is 26.8. The maximum Gasteiger partial charge on any atom is 0.350 e. The molecule has 18 heavy (non-hydrogen) atoms. The number of carbonyl (C=O) groups excluding carboxylic acids is 1. The Labute approximate surface area is 111 Å². The number of hydrogen-bond donors (Lipinski definition) is 1. The smallest absolute Gasteiger partial charge is 0.350 e. The van der Waals surface area contributed by atoms with Gasteiger partial charge < -0.3 is 5.73 Å². The SMILES string of the molecule is Cl.Nc1nc(=O)n(CC(=O)c2cccs2)cc1F. The normalized spacial score (nSPS) is 9.83. The maximum absolute atomic E-state index is 13.1. The number of nitrogen functional groups attached to an aromatic ring is 1. The molecule has 2 rings (SSSR count). The lowest BCUT2D eigenvalue weighted by Gasteiger charge is -2.03. The maximum atomic E-state index is 13.1. The second-order valence-electron chi connectivity index (χ2n) is 3.29. The van der Waals surface area contributed by atoms with Crippen molar-refractivity contribution in [3.8, 4) is 0 Å². The van der Waals surface area contributed by atoms with Crippen molar-refractivity contribution in [2.24, 2.45) is 0 Å². The molecule has 0 spiro atoms. The molecule has 0 atom stereocenters. The second-order valence-corrected chi connectivity index (χ2v) is 4.23. The van der Waals surface area contributed by atoms with E-state index in [1.54, 1.807) is 17.5 Å². The van der Waals surface area contributed by atoms with Crippen LogP contribution >= 0.6 is 23.7 Å². The first-order valence-corrected chi connectivity index (χ1v) is 5.55. The molecule has 0 unspecified atom stereocenters. The summed E-state index contributed by atoms with van der Waals surface area (Å²) in [6.45, 7) is -0.246. The molecule has 2 aromatic heterocycles. The molecule has 2 heterocycles. The molecule has 0 aliphatic rings. The van der Waals surface area contributed by atoms with E-state index in [1.807, 2.05) is 0 Å². The Morgan fingerprint density at radius 2 is 2.28 bits per heavy atom. The fourth-order valence-electron chi connectivity index (χ4n) is 1.26. The third kappa shape index (κ3) is 2.93. The fraction of sp³-hybridized carbons (Fsp3) is 0.100. The van der Waals surface area contributed by atoms with Gasteiger partial charge in [0, 0.05) is 6.20 Å². The average Bonchev–Trinajstić information content (AvgIpc) is 2.79. The van der Waals surface area contributed by atoms with Crippen LogP contribution in [0.15, 0.2) is 28.5 Å². The van der Waals surface area contributed by atoms with E-state index in [2.05, 4.69) is 4.98 Å². The predicted octanol–water partition coefficient (Wildman–Crippen LogP) is 1.33. The minimum Gasteiger partial charge on any atom is -0.381 e. The molecule has 0 aliphatic carbocycles. The topological polar surface area (TPSA) is 78.0 Å². The van der Waals surface area contributed by atoms with E-state index in [0.29, 0.717) is 4.88 Å². The molecule has 0 fully saturated rings. The molecule has 0 radical (unpaired) electrons. The van der Waals surface area contributed by atoms with E-state index in [1.165, 1.54) is 11.3 Å². The fourth-order valence-corrected chi connectivity index (χ4v) is 1.92. The highest BCUT2D eigenvalue weighted by Gasteiger charge is 2.11. The standard InChI is InChI=1S/C10H8FN3O2S.ClH/c11-6-4-14(10(16)13-9(6)12)5-7(15)8-2-1-3-17-8;/h1-4H,5H2,(H2,12,13,16);1H. The number of Topliss-reactive ketones (excluding diaryl/α,β-unsaturated/α-hetero) is 1. The Morgan fingerprint density at radius 1 is 1.56 bits per heavy atom. The Balaban J connectivity index is 0.00000162. The van der Waals surface area contributed by atoms with E-state index < -0.39 is 17.3 Å². The van der Waals surface area contributed by atoms with Gasteiger partial charge in [-0.05, 0) is 11.4 Å². The summed E-state index contributed by atoms with van der Waals surface area (Å²) in [5, 5.41) is 1.75. The first-order valence-electron chi connectivity index (χ1n) is 4.67. The molecule has 8 heteroatoms. The lowest BCUT2D eigenvalue weighted by atomic mass is 10.3. The first kappa shape index (κ1) is 14.3. The van der Waals surface area contributed by atoms with Crippen molar-refractivity contribution in [3.63, 3.8) is 0 Å². The molecular formula is C10H9ClFN3O2S. The van der Waals surface area contributed by atoms with E-state index in [-0.39, 0.29) is 24.7 Å². The third-order valence-corrected chi connectivity index (χ3v) is 3.00. The zero-order chi connectivity index (χ0) is 12.4.